The van der Waals surface area contributed by atoms with Gasteiger partial charge in [0.25, 0.3) is 0 Å². The third kappa shape index (κ3) is 4.20. The van der Waals surface area contributed by atoms with Crippen LogP contribution in [0.15, 0.2) is 64.6 Å². The van der Waals surface area contributed by atoms with Crippen molar-refractivity contribution in [3.63, 3.8) is 0 Å². The van der Waals surface area contributed by atoms with Crippen LogP contribution in [-0.4, -0.2) is 32.7 Å². The molecule has 0 bridgehead atoms. The van der Waals surface area contributed by atoms with Crippen molar-refractivity contribution >= 4 is 35.1 Å². The molecule has 0 spiro atoms. The van der Waals surface area contributed by atoms with Crippen molar-refractivity contribution in [1.29, 1.82) is 0 Å². The van der Waals surface area contributed by atoms with Gasteiger partial charge in [-0.2, -0.15) is 0 Å². The summed E-state index contributed by atoms with van der Waals surface area (Å²) in [4.78, 5) is 13.5. The van der Waals surface area contributed by atoms with Gasteiger partial charge < -0.3 is 5.32 Å². The molecule has 4 rings (SSSR count). The molecular formula is C20H20N4OS2. The number of hydrogen-bond acceptors (Lipinski definition) is 5. The molecule has 1 N–H and O–H groups in total. The molecule has 1 aromatic heterocycles. The van der Waals surface area contributed by atoms with Gasteiger partial charge in [0.1, 0.15) is 5.82 Å². The monoisotopic (exact) mass is 396 g/mol. The quantitative estimate of drug-likeness (QED) is 0.592. The predicted molar refractivity (Wildman–Crippen MR) is 111 cm³/mol. The molecule has 3 aromatic rings. The summed E-state index contributed by atoms with van der Waals surface area (Å²) in [5.74, 6) is 1.72. The van der Waals surface area contributed by atoms with Crippen LogP contribution in [0.2, 0.25) is 0 Å². The smallest absolute Gasteiger partial charge is 0.234 e. The standard InChI is InChI=1S/C20H20N4OS2/c1-26-17-10-6-5-9-16(17)21-18(25)13-27-20-23-22-19(14-11-12-14)24(20)15-7-3-2-4-8-15/h2-10,14H,11-13H2,1H3,(H,21,25). The van der Waals surface area contributed by atoms with Crippen LogP contribution in [0, 0.1) is 0 Å². The van der Waals surface area contributed by atoms with E-state index in [1.165, 1.54) is 11.8 Å². The normalized spacial score (nSPS) is 13.5. The van der Waals surface area contributed by atoms with Gasteiger partial charge in [-0.15, -0.1) is 22.0 Å². The molecular weight excluding hydrogens is 376 g/mol. The Bertz CT molecular complexity index is 938. The Morgan fingerprint density at radius 1 is 1.11 bits per heavy atom. The lowest BCUT2D eigenvalue weighted by atomic mass is 10.3. The number of thioether (sulfide) groups is 2. The van der Waals surface area contributed by atoms with E-state index in [4.69, 9.17) is 0 Å². The van der Waals surface area contributed by atoms with E-state index in [0.29, 0.717) is 11.7 Å². The van der Waals surface area contributed by atoms with Crippen LogP contribution in [0.1, 0.15) is 24.6 Å². The van der Waals surface area contributed by atoms with Gasteiger partial charge in [0.05, 0.1) is 11.4 Å². The maximum absolute atomic E-state index is 12.5. The van der Waals surface area contributed by atoms with Gasteiger partial charge in [-0.3, -0.25) is 9.36 Å². The molecule has 7 heteroatoms. The van der Waals surface area contributed by atoms with E-state index in [1.54, 1.807) is 11.8 Å². The highest BCUT2D eigenvalue weighted by molar-refractivity contribution is 7.99. The summed E-state index contributed by atoms with van der Waals surface area (Å²) < 4.78 is 2.09. The number of nitrogens with zero attached hydrogens (tertiary/aromatic N) is 3. The molecule has 27 heavy (non-hydrogen) atoms. The van der Waals surface area contributed by atoms with Crippen molar-refractivity contribution in [1.82, 2.24) is 14.8 Å². The fraction of sp³-hybridized carbons (Fsp3) is 0.250. The lowest BCUT2D eigenvalue weighted by Crippen LogP contribution is -2.15. The Kier molecular flexibility index (Phi) is 5.50. The van der Waals surface area contributed by atoms with Gasteiger partial charge in [-0.05, 0) is 43.4 Å². The summed E-state index contributed by atoms with van der Waals surface area (Å²) in [5, 5.41) is 12.5. The Labute approximate surface area is 167 Å². The maximum Gasteiger partial charge on any atom is 0.234 e. The molecule has 1 amide bonds. The minimum Gasteiger partial charge on any atom is -0.324 e. The number of carbonyl (C=O) groups excluding carboxylic acids is 1. The molecule has 138 valence electrons. The molecule has 0 saturated heterocycles. The zero-order valence-corrected chi connectivity index (χ0v) is 16.6. The zero-order chi connectivity index (χ0) is 18.6. The van der Waals surface area contributed by atoms with Gasteiger partial charge >= 0.3 is 0 Å². The van der Waals surface area contributed by atoms with Crippen LogP contribution in [0.5, 0.6) is 0 Å². The summed E-state index contributed by atoms with van der Waals surface area (Å²) in [7, 11) is 0. The first-order valence-electron chi connectivity index (χ1n) is 8.82. The maximum atomic E-state index is 12.5. The van der Waals surface area contributed by atoms with E-state index in [9.17, 15) is 4.79 Å². The number of anilines is 1. The summed E-state index contributed by atoms with van der Waals surface area (Å²) >= 11 is 3.04. The van der Waals surface area contributed by atoms with Crippen LogP contribution in [-0.2, 0) is 4.79 Å². The van der Waals surface area contributed by atoms with Crippen molar-refractivity contribution in [3.05, 3.63) is 60.4 Å². The molecule has 2 aromatic carbocycles. The highest BCUT2D eigenvalue weighted by Crippen LogP contribution is 2.41. The molecule has 0 radical (unpaired) electrons. The Hall–Kier alpha value is -2.25. The summed E-state index contributed by atoms with van der Waals surface area (Å²) in [6.45, 7) is 0. The van der Waals surface area contributed by atoms with Crippen LogP contribution in [0.25, 0.3) is 5.69 Å². The number of para-hydroxylation sites is 2. The van der Waals surface area contributed by atoms with Crippen LogP contribution < -0.4 is 5.32 Å². The average molecular weight is 397 g/mol. The van der Waals surface area contributed by atoms with Crippen LogP contribution in [0.3, 0.4) is 0 Å². The average Bonchev–Trinajstić information content (AvgIpc) is 3.47. The lowest BCUT2D eigenvalue weighted by Gasteiger charge is -2.11. The molecule has 1 aliphatic carbocycles. The van der Waals surface area contributed by atoms with Crippen molar-refractivity contribution < 1.29 is 4.79 Å². The number of nitrogens with one attached hydrogen (secondary N) is 1. The van der Waals surface area contributed by atoms with Crippen molar-refractivity contribution in [2.24, 2.45) is 0 Å². The van der Waals surface area contributed by atoms with Crippen LogP contribution in [0.4, 0.5) is 5.69 Å². The van der Waals surface area contributed by atoms with E-state index in [0.717, 1.165) is 40.1 Å². The second kappa shape index (κ2) is 8.19. The number of rotatable bonds is 7. The van der Waals surface area contributed by atoms with E-state index in [1.807, 2.05) is 60.9 Å². The number of amides is 1. The third-order valence-corrected chi connectivity index (χ3v) is 6.05. The molecule has 1 aliphatic rings. The summed E-state index contributed by atoms with van der Waals surface area (Å²) in [6, 6.07) is 17.9. The number of hydrogen-bond donors (Lipinski definition) is 1. The fourth-order valence-electron chi connectivity index (χ4n) is 2.86. The predicted octanol–water partition coefficient (Wildman–Crippen LogP) is 4.60. The first-order chi connectivity index (χ1) is 13.3. The first-order valence-corrected chi connectivity index (χ1v) is 11.0. The third-order valence-electron chi connectivity index (χ3n) is 4.33. The highest BCUT2D eigenvalue weighted by Gasteiger charge is 2.31. The van der Waals surface area contributed by atoms with E-state index < -0.39 is 0 Å². The first kappa shape index (κ1) is 18.1. The van der Waals surface area contributed by atoms with Crippen molar-refractivity contribution in [3.8, 4) is 5.69 Å². The molecule has 0 atom stereocenters. The van der Waals surface area contributed by atoms with Gasteiger partial charge in [0.2, 0.25) is 5.91 Å². The Morgan fingerprint density at radius 3 is 2.59 bits per heavy atom. The number of carbonyl (C=O) groups is 1. The molecule has 1 heterocycles. The largest absolute Gasteiger partial charge is 0.324 e. The second-order valence-electron chi connectivity index (χ2n) is 6.32. The molecule has 1 saturated carbocycles. The van der Waals surface area contributed by atoms with E-state index >= 15 is 0 Å². The zero-order valence-electron chi connectivity index (χ0n) is 15.0. The second-order valence-corrected chi connectivity index (χ2v) is 8.11. The molecule has 1 fully saturated rings. The molecule has 5 nitrogen and oxygen atoms in total. The van der Waals surface area contributed by atoms with Gasteiger partial charge in [0.15, 0.2) is 5.16 Å². The van der Waals surface area contributed by atoms with Crippen molar-refractivity contribution in [2.75, 3.05) is 17.3 Å². The summed E-state index contributed by atoms with van der Waals surface area (Å²) in [5.41, 5.74) is 1.89. The van der Waals surface area contributed by atoms with Gasteiger partial charge in [-0.25, -0.2) is 0 Å². The Morgan fingerprint density at radius 2 is 1.85 bits per heavy atom. The van der Waals surface area contributed by atoms with Gasteiger partial charge in [-0.1, -0.05) is 42.1 Å². The van der Waals surface area contributed by atoms with Crippen LogP contribution >= 0.6 is 23.5 Å². The number of aromatic nitrogens is 3. The lowest BCUT2D eigenvalue weighted by molar-refractivity contribution is -0.113. The highest BCUT2D eigenvalue weighted by atomic mass is 32.2. The van der Waals surface area contributed by atoms with Gasteiger partial charge in [0, 0.05) is 16.5 Å². The van der Waals surface area contributed by atoms with Crippen molar-refractivity contribution in [2.45, 2.75) is 28.8 Å². The molecule has 0 unspecified atom stereocenters. The van der Waals surface area contributed by atoms with E-state index in [-0.39, 0.29) is 5.91 Å². The Balaban J connectivity index is 1.49. The minimum atomic E-state index is -0.0444. The van der Waals surface area contributed by atoms with E-state index in [2.05, 4.69) is 20.1 Å². The summed E-state index contributed by atoms with van der Waals surface area (Å²) in [6.07, 6.45) is 4.31. The SMILES string of the molecule is CSc1ccccc1NC(=O)CSc1nnc(C2CC2)n1-c1ccccc1. The molecule has 0 aliphatic heterocycles. The number of benzene rings is 2. The fourth-order valence-corrected chi connectivity index (χ4v) is 4.18. The minimum absolute atomic E-state index is 0.0444. The topological polar surface area (TPSA) is 59.8 Å².